The summed E-state index contributed by atoms with van der Waals surface area (Å²) in [6.07, 6.45) is -0.490. The van der Waals surface area contributed by atoms with Crippen molar-refractivity contribution in [3.63, 3.8) is 0 Å². The van der Waals surface area contributed by atoms with E-state index in [-0.39, 0.29) is 23.2 Å². The molecule has 2 fully saturated rings. The van der Waals surface area contributed by atoms with Crippen LogP contribution in [-0.4, -0.2) is 37.8 Å². The van der Waals surface area contributed by atoms with Crippen molar-refractivity contribution in [1.82, 2.24) is 19.5 Å². The highest BCUT2D eigenvalue weighted by Gasteiger charge is 2.66. The Labute approximate surface area is 223 Å². The fourth-order valence-corrected chi connectivity index (χ4v) is 4.72. The fourth-order valence-electron chi connectivity index (χ4n) is 4.58. The molecule has 0 amide bonds. The molecule has 5 rings (SSSR count). The molecule has 1 saturated heterocycles. The molecule has 0 unspecified atom stereocenters. The van der Waals surface area contributed by atoms with Gasteiger partial charge in [0.2, 0.25) is 5.28 Å². The molecule has 1 aromatic carbocycles. The predicted octanol–water partition coefficient (Wildman–Crippen LogP) is 5.96. The lowest BCUT2D eigenvalue weighted by molar-refractivity contribution is -0.140. The molecule has 202 valence electrons. The molecular formula is C25H27BClF4N5O2. The molecule has 3 heterocycles. The number of halogens is 5. The molecule has 3 aromatic rings. The van der Waals surface area contributed by atoms with Crippen LogP contribution in [0.1, 0.15) is 57.4 Å². The zero-order valence-electron chi connectivity index (χ0n) is 21.6. The molecule has 2 aliphatic rings. The van der Waals surface area contributed by atoms with Crippen molar-refractivity contribution in [2.24, 2.45) is 7.05 Å². The lowest BCUT2D eigenvalue weighted by atomic mass is 9.64. The van der Waals surface area contributed by atoms with Crippen molar-refractivity contribution < 1.29 is 26.9 Å². The van der Waals surface area contributed by atoms with Crippen LogP contribution < -0.4 is 5.32 Å². The van der Waals surface area contributed by atoms with E-state index < -0.39 is 41.3 Å². The number of nitrogens with one attached hydrogen (secondary N) is 1. The molecule has 0 bridgehead atoms. The van der Waals surface area contributed by atoms with Gasteiger partial charge in [-0.1, -0.05) is 6.07 Å². The van der Waals surface area contributed by atoms with Crippen molar-refractivity contribution >= 4 is 24.5 Å². The summed E-state index contributed by atoms with van der Waals surface area (Å²) in [6, 6.07) is 4.29. The van der Waals surface area contributed by atoms with E-state index in [2.05, 4.69) is 20.3 Å². The lowest BCUT2D eigenvalue weighted by Gasteiger charge is -2.32. The quantitative estimate of drug-likeness (QED) is 0.231. The summed E-state index contributed by atoms with van der Waals surface area (Å²) in [5.74, 6) is -0.318. The second-order valence-corrected chi connectivity index (χ2v) is 11.2. The van der Waals surface area contributed by atoms with Crippen molar-refractivity contribution in [2.75, 3.05) is 5.32 Å². The minimum Gasteiger partial charge on any atom is -0.403 e. The van der Waals surface area contributed by atoms with Gasteiger partial charge in [0.25, 0.3) is 0 Å². The van der Waals surface area contributed by atoms with E-state index in [1.54, 1.807) is 12.3 Å². The maximum absolute atomic E-state index is 15.0. The Hall–Kier alpha value is -2.70. The predicted molar refractivity (Wildman–Crippen MR) is 135 cm³/mol. The van der Waals surface area contributed by atoms with Gasteiger partial charge >= 0.3 is 13.3 Å². The Kier molecular flexibility index (Phi) is 6.31. The molecule has 13 heteroatoms. The van der Waals surface area contributed by atoms with Crippen LogP contribution in [0.5, 0.6) is 0 Å². The summed E-state index contributed by atoms with van der Waals surface area (Å²) in [5, 5.41) is 2.83. The molecule has 7 nitrogen and oxygen atoms in total. The van der Waals surface area contributed by atoms with Gasteiger partial charge in [-0.05, 0) is 69.8 Å². The van der Waals surface area contributed by atoms with E-state index in [1.165, 1.54) is 19.2 Å². The second-order valence-electron chi connectivity index (χ2n) is 10.9. The zero-order chi connectivity index (χ0) is 27.7. The first-order chi connectivity index (χ1) is 17.6. The number of aromatic nitrogens is 4. The lowest BCUT2D eigenvalue weighted by Crippen LogP contribution is -2.41. The number of imidazole rings is 1. The summed E-state index contributed by atoms with van der Waals surface area (Å²) < 4.78 is 67.9. The van der Waals surface area contributed by atoms with Gasteiger partial charge in [-0.2, -0.15) is 13.2 Å². The van der Waals surface area contributed by atoms with Crippen LogP contribution in [0.4, 0.5) is 23.4 Å². The summed E-state index contributed by atoms with van der Waals surface area (Å²) in [7, 11) is 0.898. The van der Waals surface area contributed by atoms with Crippen LogP contribution in [0.15, 0.2) is 30.6 Å². The minimum atomic E-state index is -4.62. The Morgan fingerprint density at radius 1 is 1.11 bits per heavy atom. The number of aryl methyl sites for hydroxylation is 1. The highest BCUT2D eigenvalue weighted by Crippen LogP contribution is 2.56. The normalized spacial score (nSPS) is 19.6. The molecule has 0 radical (unpaired) electrons. The SMILES string of the molecule is Cn1cc(C(F)(F)F)nc1-c1ccc(CNc2nc(Cl)ncc2C2(B3OC(C)(C)C(C)(C)O3)CC2)cc1F. The first kappa shape index (κ1) is 26.9. The Balaban J connectivity index is 1.37. The number of anilines is 1. The van der Waals surface area contributed by atoms with E-state index in [9.17, 15) is 17.6 Å². The van der Waals surface area contributed by atoms with Crippen LogP contribution in [0.3, 0.4) is 0 Å². The molecule has 1 saturated carbocycles. The Morgan fingerprint density at radius 3 is 2.32 bits per heavy atom. The molecule has 38 heavy (non-hydrogen) atoms. The van der Waals surface area contributed by atoms with E-state index in [0.29, 0.717) is 11.4 Å². The largest absolute Gasteiger partial charge is 0.469 e. The number of hydrogen-bond donors (Lipinski definition) is 1. The number of benzene rings is 1. The number of rotatable bonds is 6. The first-order valence-electron chi connectivity index (χ1n) is 12.1. The molecule has 0 atom stereocenters. The Bertz CT molecular complexity index is 1370. The summed E-state index contributed by atoms with van der Waals surface area (Å²) in [4.78, 5) is 12.1. The van der Waals surface area contributed by atoms with E-state index in [0.717, 1.165) is 29.2 Å². The van der Waals surface area contributed by atoms with Crippen LogP contribution in [-0.2, 0) is 34.4 Å². The zero-order valence-corrected chi connectivity index (χ0v) is 22.3. The van der Waals surface area contributed by atoms with Crippen LogP contribution in [0.25, 0.3) is 11.4 Å². The average Bonchev–Trinajstić information content (AvgIpc) is 3.46. The van der Waals surface area contributed by atoms with Gasteiger partial charge in [-0.15, -0.1) is 0 Å². The van der Waals surface area contributed by atoms with Crippen LogP contribution in [0, 0.1) is 5.82 Å². The van der Waals surface area contributed by atoms with Crippen molar-refractivity contribution in [1.29, 1.82) is 0 Å². The molecule has 2 aromatic heterocycles. The summed E-state index contributed by atoms with van der Waals surface area (Å²) in [6.45, 7) is 8.16. The smallest absolute Gasteiger partial charge is 0.403 e. The van der Waals surface area contributed by atoms with Gasteiger partial charge in [-0.3, -0.25) is 0 Å². The number of alkyl halides is 3. The average molecular weight is 552 g/mol. The van der Waals surface area contributed by atoms with Crippen LogP contribution >= 0.6 is 11.6 Å². The van der Waals surface area contributed by atoms with Gasteiger partial charge in [0, 0.05) is 36.9 Å². The van der Waals surface area contributed by atoms with E-state index in [4.69, 9.17) is 20.9 Å². The van der Waals surface area contributed by atoms with Crippen molar-refractivity contribution in [3.05, 3.63) is 58.5 Å². The van der Waals surface area contributed by atoms with Gasteiger partial charge < -0.3 is 19.2 Å². The molecular weight excluding hydrogens is 525 g/mol. The summed E-state index contributed by atoms with van der Waals surface area (Å²) >= 11 is 6.11. The molecule has 1 N–H and O–H groups in total. The van der Waals surface area contributed by atoms with Crippen LogP contribution in [0.2, 0.25) is 5.28 Å². The molecule has 0 spiro atoms. The monoisotopic (exact) mass is 551 g/mol. The topological polar surface area (TPSA) is 74.1 Å². The fraction of sp³-hybridized carbons (Fsp3) is 0.480. The number of hydrogen-bond acceptors (Lipinski definition) is 6. The second kappa shape index (κ2) is 8.92. The number of nitrogens with zero attached hydrogens (tertiary/aromatic N) is 4. The maximum atomic E-state index is 15.0. The maximum Gasteiger partial charge on any atom is 0.469 e. The third-order valence-electron chi connectivity index (χ3n) is 7.69. The van der Waals surface area contributed by atoms with E-state index >= 15 is 0 Å². The minimum absolute atomic E-state index is 0.0322. The van der Waals surface area contributed by atoms with E-state index in [1.807, 2.05) is 27.7 Å². The molecule has 1 aliphatic carbocycles. The van der Waals surface area contributed by atoms with Gasteiger partial charge in [0.05, 0.1) is 16.8 Å². The first-order valence-corrected chi connectivity index (χ1v) is 12.5. The highest BCUT2D eigenvalue weighted by atomic mass is 35.5. The highest BCUT2D eigenvalue weighted by molar-refractivity contribution is 6.51. The Morgan fingerprint density at radius 2 is 1.76 bits per heavy atom. The third kappa shape index (κ3) is 4.67. The molecule has 1 aliphatic heterocycles. The van der Waals surface area contributed by atoms with Crippen molar-refractivity contribution in [3.8, 4) is 11.4 Å². The summed E-state index contributed by atoms with van der Waals surface area (Å²) in [5.41, 5.74) is -0.759. The third-order valence-corrected chi connectivity index (χ3v) is 7.87. The van der Waals surface area contributed by atoms with Crippen molar-refractivity contribution in [2.45, 2.75) is 69.8 Å². The standard InChI is InChI=1S/C25H27BClF4N5O2/c1-22(2)23(3,4)38-26(37-22)24(8-9-24)16-12-33-21(27)35-19(16)32-11-14-6-7-15(17(28)10-14)20-34-18(13-36(20)5)25(29,30)31/h6-7,10,12-13H,8-9,11H2,1-5H3,(H,32,33,35). The van der Waals surface area contributed by atoms with Gasteiger partial charge in [0.1, 0.15) is 17.5 Å². The van der Waals surface area contributed by atoms with Gasteiger partial charge in [0.15, 0.2) is 5.69 Å². The van der Waals surface area contributed by atoms with Gasteiger partial charge in [-0.25, -0.2) is 19.3 Å².